The molecule has 8 heteroatoms. The average Bonchev–Trinajstić information content (AvgIpc) is 3.19. The molecule has 22 heavy (non-hydrogen) atoms. The van der Waals surface area contributed by atoms with Gasteiger partial charge in [-0.15, -0.1) is 5.10 Å². The van der Waals surface area contributed by atoms with E-state index in [4.69, 9.17) is 4.74 Å². The molecule has 0 saturated carbocycles. The molecule has 1 aliphatic rings. The molecule has 1 saturated heterocycles. The molecule has 0 N–H and O–H groups in total. The van der Waals surface area contributed by atoms with Crippen LogP contribution in [-0.2, 0) is 10.0 Å². The van der Waals surface area contributed by atoms with Gasteiger partial charge in [0.1, 0.15) is 10.6 Å². The van der Waals surface area contributed by atoms with Gasteiger partial charge in [0.2, 0.25) is 10.0 Å². The van der Waals surface area contributed by atoms with E-state index in [1.54, 1.807) is 41.3 Å². The maximum absolute atomic E-state index is 12.8. The largest absolute Gasteiger partial charge is 0.492 e. The van der Waals surface area contributed by atoms with Gasteiger partial charge in [0.05, 0.1) is 18.8 Å². The molecule has 0 spiro atoms. The van der Waals surface area contributed by atoms with Crippen molar-refractivity contribution in [2.75, 3.05) is 19.7 Å². The summed E-state index contributed by atoms with van der Waals surface area (Å²) in [4.78, 5) is 0.219. The lowest BCUT2D eigenvalue weighted by Crippen LogP contribution is -2.29. The van der Waals surface area contributed by atoms with Crippen molar-refractivity contribution < 1.29 is 13.2 Å². The highest BCUT2D eigenvalue weighted by molar-refractivity contribution is 7.89. The minimum absolute atomic E-state index is 0.0246. The summed E-state index contributed by atoms with van der Waals surface area (Å²) in [6.45, 7) is 3.12. The van der Waals surface area contributed by atoms with Crippen LogP contribution in [0.3, 0.4) is 0 Å². The smallest absolute Gasteiger partial charge is 0.246 e. The van der Waals surface area contributed by atoms with Crippen LogP contribution in [0.25, 0.3) is 0 Å². The number of benzene rings is 1. The van der Waals surface area contributed by atoms with Crippen molar-refractivity contribution in [3.63, 3.8) is 0 Å². The van der Waals surface area contributed by atoms with Crippen LogP contribution in [0.1, 0.15) is 19.4 Å². The number of hydrogen-bond donors (Lipinski definition) is 0. The van der Waals surface area contributed by atoms with Crippen LogP contribution >= 0.6 is 0 Å². The van der Waals surface area contributed by atoms with Gasteiger partial charge in [0, 0.05) is 19.3 Å². The van der Waals surface area contributed by atoms with Crippen LogP contribution in [0.2, 0.25) is 0 Å². The van der Waals surface area contributed by atoms with Crippen molar-refractivity contribution in [3.8, 4) is 5.75 Å². The van der Waals surface area contributed by atoms with E-state index in [2.05, 4.69) is 10.3 Å². The quantitative estimate of drug-likeness (QED) is 0.829. The molecule has 3 rings (SSSR count). The van der Waals surface area contributed by atoms with Crippen molar-refractivity contribution in [1.82, 2.24) is 19.3 Å². The number of nitrogens with zero attached hydrogens (tertiary/aromatic N) is 4. The first-order chi connectivity index (χ1) is 10.6. The Morgan fingerprint density at radius 2 is 2.18 bits per heavy atom. The normalized spacial score (nSPS) is 19.4. The first-order valence-corrected chi connectivity index (χ1v) is 8.64. The fraction of sp³-hybridized carbons (Fsp3) is 0.429. The predicted octanol–water partition coefficient (Wildman–Crippen LogP) is 1.31. The number of aromatic nitrogens is 3. The van der Waals surface area contributed by atoms with Gasteiger partial charge < -0.3 is 4.74 Å². The second-order valence-corrected chi connectivity index (χ2v) is 6.97. The van der Waals surface area contributed by atoms with E-state index in [9.17, 15) is 8.42 Å². The second kappa shape index (κ2) is 6.05. The maximum atomic E-state index is 12.8. The minimum Gasteiger partial charge on any atom is -0.492 e. The summed E-state index contributed by atoms with van der Waals surface area (Å²) in [6, 6.07) is 6.77. The van der Waals surface area contributed by atoms with Gasteiger partial charge in [-0.05, 0) is 25.5 Å². The molecular weight excluding hydrogens is 304 g/mol. The van der Waals surface area contributed by atoms with E-state index in [0.717, 1.165) is 6.42 Å². The summed E-state index contributed by atoms with van der Waals surface area (Å²) >= 11 is 0. The number of hydrogen-bond acceptors (Lipinski definition) is 5. The highest BCUT2D eigenvalue weighted by Gasteiger charge is 2.35. The van der Waals surface area contributed by atoms with E-state index >= 15 is 0 Å². The Morgan fingerprint density at radius 3 is 2.91 bits per heavy atom. The minimum atomic E-state index is -3.57. The molecule has 2 heterocycles. The van der Waals surface area contributed by atoms with Gasteiger partial charge in [-0.2, -0.15) is 4.31 Å². The van der Waals surface area contributed by atoms with E-state index in [1.807, 2.05) is 6.92 Å². The summed E-state index contributed by atoms with van der Waals surface area (Å²) in [5.41, 5.74) is 0. The zero-order valence-corrected chi connectivity index (χ0v) is 13.1. The first-order valence-electron chi connectivity index (χ1n) is 7.20. The zero-order chi connectivity index (χ0) is 15.6. The van der Waals surface area contributed by atoms with E-state index in [0.29, 0.717) is 25.4 Å². The van der Waals surface area contributed by atoms with Gasteiger partial charge in [-0.25, -0.2) is 13.1 Å². The first kappa shape index (κ1) is 15.0. The molecule has 1 fully saturated rings. The highest BCUT2D eigenvalue weighted by atomic mass is 32.2. The van der Waals surface area contributed by atoms with Gasteiger partial charge in [0.15, 0.2) is 0 Å². The molecule has 1 aliphatic heterocycles. The fourth-order valence-electron chi connectivity index (χ4n) is 2.63. The molecule has 1 aromatic heterocycles. The molecule has 1 aromatic carbocycles. The third-order valence-electron chi connectivity index (χ3n) is 3.71. The zero-order valence-electron chi connectivity index (χ0n) is 12.3. The number of sulfonamides is 1. The summed E-state index contributed by atoms with van der Waals surface area (Å²) in [6.07, 6.45) is 4.08. The van der Waals surface area contributed by atoms with Crippen molar-refractivity contribution >= 4 is 10.0 Å². The standard InChI is InChI=1S/C14H18N4O3S/c1-2-21-13-5-3-4-6-14(13)22(19,20)17-9-7-12(11-17)18-10-8-15-16-18/h3-6,8,10,12H,2,7,9,11H2,1H3. The predicted molar refractivity (Wildman–Crippen MR) is 80.0 cm³/mol. The number of ether oxygens (including phenoxy) is 1. The lowest BCUT2D eigenvalue weighted by Gasteiger charge is -2.18. The SMILES string of the molecule is CCOc1ccccc1S(=O)(=O)N1CCC(n2ccnn2)C1. The molecule has 0 radical (unpaired) electrons. The van der Waals surface area contributed by atoms with Crippen LogP contribution in [0, 0.1) is 0 Å². The van der Waals surface area contributed by atoms with Gasteiger partial charge in [-0.1, -0.05) is 17.3 Å². The van der Waals surface area contributed by atoms with E-state index in [1.165, 1.54) is 4.31 Å². The summed E-state index contributed by atoms with van der Waals surface area (Å²) in [5, 5.41) is 7.73. The monoisotopic (exact) mass is 322 g/mol. The van der Waals surface area contributed by atoms with Crippen LogP contribution in [-0.4, -0.2) is 47.4 Å². The van der Waals surface area contributed by atoms with Crippen LogP contribution < -0.4 is 4.74 Å². The van der Waals surface area contributed by atoms with Crippen molar-refractivity contribution in [2.24, 2.45) is 0 Å². The number of rotatable bonds is 5. The Hall–Kier alpha value is -1.93. The summed E-state index contributed by atoms with van der Waals surface area (Å²) < 4.78 is 34.3. The molecule has 0 bridgehead atoms. The molecule has 0 amide bonds. The second-order valence-electron chi connectivity index (χ2n) is 5.07. The topological polar surface area (TPSA) is 77.3 Å². The highest BCUT2D eigenvalue weighted by Crippen LogP contribution is 2.31. The summed E-state index contributed by atoms with van der Waals surface area (Å²) in [5.74, 6) is 0.397. The van der Waals surface area contributed by atoms with Gasteiger partial charge in [0.25, 0.3) is 0 Å². The third kappa shape index (κ3) is 2.71. The van der Waals surface area contributed by atoms with Crippen LogP contribution in [0.5, 0.6) is 5.75 Å². The van der Waals surface area contributed by atoms with Gasteiger partial charge in [-0.3, -0.25) is 0 Å². The molecule has 1 atom stereocenters. The molecule has 2 aromatic rings. The Bertz CT molecular complexity index is 730. The van der Waals surface area contributed by atoms with Crippen molar-refractivity contribution in [2.45, 2.75) is 24.3 Å². The van der Waals surface area contributed by atoms with Crippen LogP contribution in [0.15, 0.2) is 41.6 Å². The summed E-state index contributed by atoms with van der Waals surface area (Å²) in [7, 11) is -3.57. The molecular formula is C14H18N4O3S. The fourth-order valence-corrected chi connectivity index (χ4v) is 4.26. The van der Waals surface area contributed by atoms with Crippen molar-refractivity contribution in [1.29, 1.82) is 0 Å². The lowest BCUT2D eigenvalue weighted by atomic mass is 10.3. The van der Waals surface area contributed by atoms with E-state index < -0.39 is 10.0 Å². The Balaban J connectivity index is 1.85. The average molecular weight is 322 g/mol. The van der Waals surface area contributed by atoms with Gasteiger partial charge >= 0.3 is 0 Å². The Morgan fingerprint density at radius 1 is 1.36 bits per heavy atom. The maximum Gasteiger partial charge on any atom is 0.246 e. The van der Waals surface area contributed by atoms with Crippen LogP contribution in [0.4, 0.5) is 0 Å². The Labute approximate surface area is 129 Å². The molecule has 1 unspecified atom stereocenters. The lowest BCUT2D eigenvalue weighted by molar-refractivity contribution is 0.329. The molecule has 118 valence electrons. The van der Waals surface area contributed by atoms with E-state index in [-0.39, 0.29) is 10.9 Å². The molecule has 0 aliphatic carbocycles. The Kier molecular flexibility index (Phi) is 4.12. The van der Waals surface area contributed by atoms with Crippen molar-refractivity contribution in [3.05, 3.63) is 36.7 Å². The molecule has 7 nitrogen and oxygen atoms in total. The third-order valence-corrected chi connectivity index (χ3v) is 5.61. The number of para-hydroxylation sites is 1.